The number of aromatic nitrogens is 1. The molecule has 1 aromatic carbocycles. The van der Waals surface area contributed by atoms with Crippen LogP contribution in [0.5, 0.6) is 0 Å². The number of benzene rings is 1. The monoisotopic (exact) mass is 257 g/mol. The second-order valence-electron chi connectivity index (χ2n) is 3.86. The molecule has 0 fully saturated rings. The number of hydrogen-bond acceptors (Lipinski definition) is 3. The first-order valence-electron chi connectivity index (χ1n) is 5.54. The van der Waals surface area contributed by atoms with Crippen LogP contribution in [0.3, 0.4) is 0 Å². The second kappa shape index (κ2) is 4.31. The Hall–Kier alpha value is -2.07. The van der Waals surface area contributed by atoms with Crippen LogP contribution in [-0.4, -0.2) is 17.6 Å². The van der Waals surface area contributed by atoms with Gasteiger partial charge in [0.15, 0.2) is 0 Å². The topological polar surface area (TPSA) is 31.2 Å². The molecule has 0 saturated carbocycles. The van der Waals surface area contributed by atoms with Crippen molar-refractivity contribution in [3.8, 4) is 5.69 Å². The Morgan fingerprint density at radius 1 is 1.17 bits per heavy atom. The molecule has 3 aromatic rings. The zero-order valence-electron chi connectivity index (χ0n) is 9.79. The quantitative estimate of drug-likeness (QED) is 0.658. The van der Waals surface area contributed by atoms with Gasteiger partial charge >= 0.3 is 5.97 Å². The lowest BCUT2D eigenvalue weighted by atomic mass is 10.2. The predicted molar refractivity (Wildman–Crippen MR) is 72.5 cm³/mol. The van der Waals surface area contributed by atoms with Crippen molar-refractivity contribution in [3.63, 3.8) is 0 Å². The predicted octanol–water partition coefficient (Wildman–Crippen LogP) is 3.48. The molecule has 2 aromatic heterocycles. The molecule has 4 heteroatoms. The normalized spacial score (nSPS) is 10.7. The lowest BCUT2D eigenvalue weighted by molar-refractivity contribution is 0.0606. The summed E-state index contributed by atoms with van der Waals surface area (Å²) < 4.78 is 7.90. The SMILES string of the molecule is COC(=O)c1sc2ccccc2c1-n1cccc1. The first kappa shape index (κ1) is 11.0. The summed E-state index contributed by atoms with van der Waals surface area (Å²) in [6.07, 6.45) is 3.86. The van der Waals surface area contributed by atoms with E-state index < -0.39 is 0 Å². The molecular weight excluding hydrogens is 246 g/mol. The first-order chi connectivity index (χ1) is 8.81. The molecule has 0 spiro atoms. The summed E-state index contributed by atoms with van der Waals surface area (Å²) in [5.41, 5.74) is 0.896. The minimum atomic E-state index is -0.292. The number of carbonyl (C=O) groups excluding carboxylic acids is 1. The van der Waals surface area contributed by atoms with E-state index in [4.69, 9.17) is 4.74 Å². The van der Waals surface area contributed by atoms with Crippen molar-refractivity contribution in [1.29, 1.82) is 0 Å². The van der Waals surface area contributed by atoms with E-state index >= 15 is 0 Å². The maximum Gasteiger partial charge on any atom is 0.350 e. The van der Waals surface area contributed by atoms with Gasteiger partial charge in [0, 0.05) is 22.5 Å². The molecule has 90 valence electrons. The Kier molecular flexibility index (Phi) is 2.64. The molecule has 3 nitrogen and oxygen atoms in total. The highest BCUT2D eigenvalue weighted by molar-refractivity contribution is 7.21. The van der Waals surface area contributed by atoms with E-state index in [1.807, 2.05) is 53.4 Å². The van der Waals surface area contributed by atoms with E-state index in [0.29, 0.717) is 4.88 Å². The summed E-state index contributed by atoms with van der Waals surface area (Å²) in [6, 6.07) is 11.9. The summed E-state index contributed by atoms with van der Waals surface area (Å²) in [5.74, 6) is -0.292. The zero-order valence-corrected chi connectivity index (χ0v) is 10.6. The van der Waals surface area contributed by atoms with Gasteiger partial charge in [-0.2, -0.15) is 0 Å². The van der Waals surface area contributed by atoms with Gasteiger partial charge in [-0.3, -0.25) is 0 Å². The van der Waals surface area contributed by atoms with Gasteiger partial charge in [0.2, 0.25) is 0 Å². The highest BCUT2D eigenvalue weighted by Gasteiger charge is 2.19. The Labute approximate surface area is 108 Å². The summed E-state index contributed by atoms with van der Waals surface area (Å²) in [6.45, 7) is 0. The van der Waals surface area contributed by atoms with E-state index in [1.54, 1.807) is 0 Å². The summed E-state index contributed by atoms with van der Waals surface area (Å²) in [5, 5.41) is 1.07. The third kappa shape index (κ3) is 1.62. The summed E-state index contributed by atoms with van der Waals surface area (Å²) in [7, 11) is 1.41. The standard InChI is InChI=1S/C14H11NO2S/c1-17-14(16)13-12(15-8-4-5-9-15)10-6-2-3-7-11(10)18-13/h2-9H,1H3. The van der Waals surface area contributed by atoms with Crippen LogP contribution >= 0.6 is 11.3 Å². The molecule has 2 heterocycles. The summed E-state index contributed by atoms with van der Waals surface area (Å²) >= 11 is 1.46. The van der Waals surface area contributed by atoms with Gasteiger partial charge in [-0.25, -0.2) is 4.79 Å². The number of methoxy groups -OCH3 is 1. The fourth-order valence-corrected chi connectivity index (χ4v) is 3.12. The third-order valence-corrected chi connectivity index (χ3v) is 3.94. The van der Waals surface area contributed by atoms with Gasteiger partial charge in [0.05, 0.1) is 12.8 Å². The van der Waals surface area contributed by atoms with E-state index in [1.165, 1.54) is 18.4 Å². The molecule has 0 N–H and O–H groups in total. The van der Waals surface area contributed by atoms with Gasteiger partial charge in [-0.15, -0.1) is 11.3 Å². The Morgan fingerprint density at radius 3 is 2.61 bits per heavy atom. The van der Waals surface area contributed by atoms with Crippen LogP contribution in [0.15, 0.2) is 48.8 Å². The molecule has 0 bridgehead atoms. The van der Waals surface area contributed by atoms with Gasteiger partial charge in [-0.1, -0.05) is 18.2 Å². The van der Waals surface area contributed by atoms with E-state index in [-0.39, 0.29) is 5.97 Å². The average molecular weight is 257 g/mol. The molecule has 0 aliphatic rings. The number of rotatable bonds is 2. The fraction of sp³-hybridized carbons (Fsp3) is 0.0714. The van der Waals surface area contributed by atoms with Crippen LogP contribution in [0.1, 0.15) is 9.67 Å². The van der Waals surface area contributed by atoms with Crippen LogP contribution < -0.4 is 0 Å². The van der Waals surface area contributed by atoms with Gasteiger partial charge in [0.1, 0.15) is 4.88 Å². The largest absolute Gasteiger partial charge is 0.465 e. The van der Waals surface area contributed by atoms with Crippen molar-refractivity contribution in [2.24, 2.45) is 0 Å². The highest BCUT2D eigenvalue weighted by atomic mass is 32.1. The maximum absolute atomic E-state index is 11.9. The number of esters is 1. The minimum Gasteiger partial charge on any atom is -0.465 e. The van der Waals surface area contributed by atoms with Crippen LogP contribution in [-0.2, 0) is 4.74 Å². The van der Waals surface area contributed by atoms with Crippen molar-refractivity contribution in [2.75, 3.05) is 7.11 Å². The second-order valence-corrected chi connectivity index (χ2v) is 4.91. The van der Waals surface area contributed by atoms with E-state index in [9.17, 15) is 4.79 Å². The van der Waals surface area contributed by atoms with Crippen LogP contribution in [0, 0.1) is 0 Å². The molecule has 0 saturated heterocycles. The smallest absolute Gasteiger partial charge is 0.350 e. The van der Waals surface area contributed by atoms with Gasteiger partial charge in [-0.05, 0) is 18.2 Å². The first-order valence-corrected chi connectivity index (χ1v) is 6.36. The Balaban J connectivity index is 2.35. The number of carbonyl (C=O) groups is 1. The number of ether oxygens (including phenoxy) is 1. The third-order valence-electron chi connectivity index (χ3n) is 2.80. The number of nitrogens with zero attached hydrogens (tertiary/aromatic N) is 1. The van der Waals surface area contributed by atoms with Gasteiger partial charge < -0.3 is 9.30 Å². The number of hydrogen-bond donors (Lipinski definition) is 0. The number of fused-ring (bicyclic) bond motifs is 1. The molecular formula is C14H11NO2S. The fourth-order valence-electron chi connectivity index (χ4n) is 2.00. The average Bonchev–Trinajstić information content (AvgIpc) is 3.03. The van der Waals surface area contributed by atoms with Crippen LogP contribution in [0.2, 0.25) is 0 Å². The lowest BCUT2D eigenvalue weighted by Gasteiger charge is -2.04. The molecule has 0 amide bonds. The summed E-state index contributed by atoms with van der Waals surface area (Å²) in [4.78, 5) is 12.5. The van der Waals surface area contributed by atoms with E-state index in [0.717, 1.165) is 15.8 Å². The van der Waals surface area contributed by atoms with Crippen LogP contribution in [0.25, 0.3) is 15.8 Å². The van der Waals surface area contributed by atoms with Crippen molar-refractivity contribution < 1.29 is 9.53 Å². The van der Waals surface area contributed by atoms with Crippen molar-refractivity contribution >= 4 is 27.4 Å². The zero-order chi connectivity index (χ0) is 12.5. The maximum atomic E-state index is 11.9. The highest BCUT2D eigenvalue weighted by Crippen LogP contribution is 2.34. The van der Waals surface area contributed by atoms with Crippen molar-refractivity contribution in [1.82, 2.24) is 4.57 Å². The van der Waals surface area contributed by atoms with Crippen molar-refractivity contribution in [3.05, 3.63) is 53.7 Å². The molecule has 0 unspecified atom stereocenters. The Bertz CT molecular complexity index is 698. The lowest BCUT2D eigenvalue weighted by Crippen LogP contribution is -2.03. The molecule has 3 rings (SSSR count). The molecule has 0 aliphatic carbocycles. The Morgan fingerprint density at radius 2 is 1.89 bits per heavy atom. The molecule has 0 aliphatic heterocycles. The van der Waals surface area contributed by atoms with E-state index in [2.05, 4.69) is 0 Å². The molecule has 0 radical (unpaired) electrons. The minimum absolute atomic E-state index is 0.292. The number of thiophene rings is 1. The molecule has 18 heavy (non-hydrogen) atoms. The van der Waals surface area contributed by atoms with Crippen molar-refractivity contribution in [2.45, 2.75) is 0 Å². The van der Waals surface area contributed by atoms with Crippen LogP contribution in [0.4, 0.5) is 0 Å². The molecule has 0 atom stereocenters. The van der Waals surface area contributed by atoms with Gasteiger partial charge in [0.25, 0.3) is 0 Å².